The summed E-state index contributed by atoms with van der Waals surface area (Å²) in [6.07, 6.45) is 8.35. The van der Waals surface area contributed by atoms with Gasteiger partial charge in [-0.1, -0.05) is 6.92 Å². The second-order valence-electron chi connectivity index (χ2n) is 8.24. The molecule has 4 saturated carbocycles. The zero-order valence-corrected chi connectivity index (χ0v) is 14.3. The summed E-state index contributed by atoms with van der Waals surface area (Å²) in [6, 6.07) is -0.891. The van der Waals surface area contributed by atoms with E-state index in [0.717, 1.165) is 37.0 Å². The molecule has 2 amide bonds. The van der Waals surface area contributed by atoms with Crippen molar-refractivity contribution in [1.29, 1.82) is 0 Å². The molecule has 3 N–H and O–H groups in total. The van der Waals surface area contributed by atoms with Crippen molar-refractivity contribution >= 4 is 17.8 Å². The Labute approximate surface area is 142 Å². The fourth-order valence-corrected chi connectivity index (χ4v) is 5.67. The third-order valence-electron chi connectivity index (χ3n) is 6.19. The largest absolute Gasteiger partial charge is 0.480 e. The predicted molar refractivity (Wildman–Crippen MR) is 88.1 cm³/mol. The molecule has 6 heteroatoms. The first kappa shape index (κ1) is 17.2. The van der Waals surface area contributed by atoms with E-state index >= 15 is 0 Å². The van der Waals surface area contributed by atoms with Crippen LogP contribution in [0.5, 0.6) is 0 Å². The zero-order valence-electron chi connectivity index (χ0n) is 14.3. The molecule has 0 aromatic heterocycles. The Kier molecular flexibility index (Phi) is 4.83. The maximum Gasteiger partial charge on any atom is 0.326 e. The predicted octanol–water partition coefficient (Wildman–Crippen LogP) is 1.69. The van der Waals surface area contributed by atoms with Crippen LogP contribution in [0.2, 0.25) is 0 Å². The van der Waals surface area contributed by atoms with Crippen molar-refractivity contribution in [2.45, 2.75) is 64.3 Å². The third-order valence-corrected chi connectivity index (χ3v) is 6.19. The Morgan fingerprint density at radius 1 is 1.04 bits per heavy atom. The standard InChI is InChI=1S/C18H28N2O4/c1-2-14(17(23)24)20-16(22)10-19-15(21)9-18-6-11-3-12(7-18)5-13(4-11)8-18/h11-14H,2-10H2,1H3,(H,19,21)(H,20,22)(H,23,24). The molecule has 4 rings (SSSR count). The van der Waals surface area contributed by atoms with Gasteiger partial charge in [-0.3, -0.25) is 9.59 Å². The van der Waals surface area contributed by atoms with Crippen LogP contribution < -0.4 is 10.6 Å². The molecule has 0 aromatic rings. The highest BCUT2D eigenvalue weighted by Crippen LogP contribution is 2.61. The van der Waals surface area contributed by atoms with Gasteiger partial charge in [0.05, 0.1) is 6.54 Å². The van der Waals surface area contributed by atoms with Crippen LogP contribution in [0.15, 0.2) is 0 Å². The van der Waals surface area contributed by atoms with Gasteiger partial charge in [-0.2, -0.15) is 0 Å². The summed E-state index contributed by atoms with van der Waals surface area (Å²) in [4.78, 5) is 35.0. The minimum Gasteiger partial charge on any atom is -0.480 e. The van der Waals surface area contributed by atoms with Gasteiger partial charge in [0.25, 0.3) is 0 Å². The van der Waals surface area contributed by atoms with Crippen molar-refractivity contribution in [3.63, 3.8) is 0 Å². The Morgan fingerprint density at radius 2 is 1.58 bits per heavy atom. The van der Waals surface area contributed by atoms with Crippen LogP contribution in [0.3, 0.4) is 0 Å². The fraction of sp³-hybridized carbons (Fsp3) is 0.833. The van der Waals surface area contributed by atoms with E-state index < -0.39 is 17.9 Å². The van der Waals surface area contributed by atoms with Gasteiger partial charge >= 0.3 is 5.97 Å². The summed E-state index contributed by atoms with van der Waals surface area (Å²) in [5.74, 6) is 0.832. The molecule has 0 radical (unpaired) electrons. The molecule has 0 saturated heterocycles. The number of hydrogen-bond donors (Lipinski definition) is 3. The first-order chi connectivity index (χ1) is 11.4. The molecule has 1 atom stereocenters. The number of rotatable bonds is 7. The van der Waals surface area contributed by atoms with Crippen LogP contribution in [0.4, 0.5) is 0 Å². The molecule has 134 valence electrons. The lowest BCUT2D eigenvalue weighted by atomic mass is 9.49. The van der Waals surface area contributed by atoms with Crippen molar-refractivity contribution in [2.24, 2.45) is 23.2 Å². The van der Waals surface area contributed by atoms with Crippen LogP contribution in [-0.2, 0) is 14.4 Å². The van der Waals surface area contributed by atoms with Crippen molar-refractivity contribution in [3.8, 4) is 0 Å². The second-order valence-corrected chi connectivity index (χ2v) is 8.24. The Bertz CT molecular complexity index is 496. The molecule has 4 fully saturated rings. The molecule has 0 spiro atoms. The lowest BCUT2D eigenvalue weighted by molar-refractivity contribution is -0.141. The lowest BCUT2D eigenvalue weighted by Crippen LogP contribution is -2.49. The molecule has 0 heterocycles. The number of hydrogen-bond acceptors (Lipinski definition) is 3. The summed E-state index contributed by atoms with van der Waals surface area (Å²) in [7, 11) is 0. The lowest BCUT2D eigenvalue weighted by Gasteiger charge is -2.56. The Balaban J connectivity index is 1.46. The van der Waals surface area contributed by atoms with E-state index in [1.54, 1.807) is 6.92 Å². The zero-order chi connectivity index (χ0) is 17.3. The number of amides is 2. The van der Waals surface area contributed by atoms with Crippen LogP contribution >= 0.6 is 0 Å². The topological polar surface area (TPSA) is 95.5 Å². The van der Waals surface area contributed by atoms with Gasteiger partial charge in [-0.15, -0.1) is 0 Å². The number of carboxylic acids is 1. The van der Waals surface area contributed by atoms with Gasteiger partial charge in [0, 0.05) is 6.42 Å². The Hall–Kier alpha value is -1.59. The van der Waals surface area contributed by atoms with Gasteiger partial charge in [0.1, 0.15) is 6.04 Å². The molecular weight excluding hydrogens is 308 g/mol. The van der Waals surface area contributed by atoms with Crippen LogP contribution in [0.1, 0.15) is 58.3 Å². The molecule has 24 heavy (non-hydrogen) atoms. The van der Waals surface area contributed by atoms with Crippen molar-refractivity contribution in [1.82, 2.24) is 10.6 Å². The van der Waals surface area contributed by atoms with Crippen molar-refractivity contribution in [3.05, 3.63) is 0 Å². The van der Waals surface area contributed by atoms with Gasteiger partial charge in [-0.25, -0.2) is 4.79 Å². The highest BCUT2D eigenvalue weighted by Gasteiger charge is 2.51. The number of carboxylic acid groups (broad SMARTS) is 1. The molecule has 0 aliphatic heterocycles. The average molecular weight is 336 g/mol. The molecule has 4 aliphatic rings. The molecule has 4 bridgehead atoms. The van der Waals surface area contributed by atoms with Gasteiger partial charge in [0.15, 0.2) is 0 Å². The summed E-state index contributed by atoms with van der Waals surface area (Å²) in [6.45, 7) is 1.56. The van der Waals surface area contributed by atoms with Gasteiger partial charge < -0.3 is 15.7 Å². The fourth-order valence-electron chi connectivity index (χ4n) is 5.67. The van der Waals surface area contributed by atoms with Crippen molar-refractivity contribution < 1.29 is 19.5 Å². The van der Waals surface area contributed by atoms with Gasteiger partial charge in [-0.05, 0) is 68.1 Å². The highest BCUT2D eigenvalue weighted by atomic mass is 16.4. The normalized spacial score (nSPS) is 34.6. The summed E-state index contributed by atoms with van der Waals surface area (Å²) in [5.41, 5.74) is 0.155. The van der Waals surface area contributed by atoms with Crippen LogP contribution in [-0.4, -0.2) is 35.5 Å². The molecule has 1 unspecified atom stereocenters. The quantitative estimate of drug-likeness (QED) is 0.659. The van der Waals surface area contributed by atoms with E-state index in [1.165, 1.54) is 19.3 Å². The van der Waals surface area contributed by atoms with Crippen LogP contribution in [0.25, 0.3) is 0 Å². The second kappa shape index (κ2) is 6.73. The van der Waals surface area contributed by atoms with E-state index in [2.05, 4.69) is 10.6 Å². The summed E-state index contributed by atoms with van der Waals surface area (Å²) in [5, 5.41) is 14.0. The summed E-state index contributed by atoms with van der Waals surface area (Å²) < 4.78 is 0. The van der Waals surface area contributed by atoms with E-state index in [1.807, 2.05) is 0 Å². The van der Waals surface area contributed by atoms with Crippen LogP contribution in [0, 0.1) is 23.2 Å². The van der Waals surface area contributed by atoms with E-state index in [0.29, 0.717) is 12.8 Å². The monoisotopic (exact) mass is 336 g/mol. The molecule has 6 nitrogen and oxygen atoms in total. The minimum atomic E-state index is -1.05. The molecule has 0 aromatic carbocycles. The Morgan fingerprint density at radius 3 is 2.04 bits per heavy atom. The van der Waals surface area contributed by atoms with E-state index in [4.69, 9.17) is 5.11 Å². The maximum absolute atomic E-state index is 12.3. The molecule has 4 aliphatic carbocycles. The van der Waals surface area contributed by atoms with Crippen molar-refractivity contribution in [2.75, 3.05) is 6.54 Å². The average Bonchev–Trinajstić information content (AvgIpc) is 2.48. The van der Waals surface area contributed by atoms with E-state index in [-0.39, 0.29) is 17.9 Å². The number of carbonyl (C=O) groups excluding carboxylic acids is 2. The third kappa shape index (κ3) is 3.73. The maximum atomic E-state index is 12.3. The number of nitrogens with one attached hydrogen (secondary N) is 2. The first-order valence-electron chi connectivity index (χ1n) is 9.18. The van der Waals surface area contributed by atoms with E-state index in [9.17, 15) is 14.4 Å². The summed E-state index contributed by atoms with van der Waals surface area (Å²) >= 11 is 0. The smallest absolute Gasteiger partial charge is 0.326 e. The number of aliphatic carboxylic acids is 1. The highest BCUT2D eigenvalue weighted by molar-refractivity contribution is 5.88. The first-order valence-corrected chi connectivity index (χ1v) is 9.18. The number of carbonyl (C=O) groups is 3. The SMILES string of the molecule is CCC(NC(=O)CNC(=O)CC12CC3CC(CC(C3)C1)C2)C(=O)O. The molecular formula is C18H28N2O4. The van der Waals surface area contributed by atoms with Gasteiger partial charge in [0.2, 0.25) is 11.8 Å². The minimum absolute atomic E-state index is 0.0736.